The quantitative estimate of drug-likeness (QED) is 0.730. The highest BCUT2D eigenvalue weighted by Gasteiger charge is 2.25. The van der Waals surface area contributed by atoms with Gasteiger partial charge in [-0.25, -0.2) is 9.67 Å². The first-order chi connectivity index (χ1) is 11.6. The molecule has 1 aromatic carbocycles. The minimum absolute atomic E-state index is 0.682. The van der Waals surface area contributed by atoms with E-state index in [2.05, 4.69) is 59.2 Å². The molecule has 1 aliphatic rings. The number of nitrogens with zero attached hydrogens (tertiary/aromatic N) is 5. The van der Waals surface area contributed by atoms with E-state index < -0.39 is 0 Å². The van der Waals surface area contributed by atoms with Crippen molar-refractivity contribution in [2.24, 2.45) is 13.0 Å². The molecule has 24 heavy (non-hydrogen) atoms. The first-order valence-corrected chi connectivity index (χ1v) is 9.24. The summed E-state index contributed by atoms with van der Waals surface area (Å²) in [6.45, 7) is 5.37. The predicted molar refractivity (Wildman–Crippen MR) is 101 cm³/mol. The standard InChI is InChI=1S/C18H23N5S/c1-13-16-17(22(3)20-13)19-18(24-16)21(2)11-14-9-10-23(12-14)15-7-5-4-6-8-15/h4-8,14H,9-12H2,1-3H3/t14-/m0/s1. The van der Waals surface area contributed by atoms with Gasteiger partial charge in [0.05, 0.1) is 10.4 Å². The fourth-order valence-corrected chi connectivity index (χ4v) is 4.56. The van der Waals surface area contributed by atoms with E-state index in [1.54, 1.807) is 11.3 Å². The third-order valence-electron chi connectivity index (χ3n) is 4.80. The zero-order valence-corrected chi connectivity index (χ0v) is 15.3. The van der Waals surface area contributed by atoms with Crippen molar-refractivity contribution in [2.45, 2.75) is 13.3 Å². The lowest BCUT2D eigenvalue weighted by molar-refractivity contribution is 0.583. The van der Waals surface area contributed by atoms with Crippen LogP contribution in [0.3, 0.4) is 0 Å². The van der Waals surface area contributed by atoms with Gasteiger partial charge in [-0.15, -0.1) is 0 Å². The van der Waals surface area contributed by atoms with Crippen LogP contribution in [0.15, 0.2) is 30.3 Å². The Morgan fingerprint density at radius 1 is 1.29 bits per heavy atom. The van der Waals surface area contributed by atoms with Gasteiger partial charge in [-0.05, 0) is 31.4 Å². The molecular weight excluding hydrogens is 318 g/mol. The van der Waals surface area contributed by atoms with Crippen molar-refractivity contribution in [2.75, 3.05) is 36.5 Å². The van der Waals surface area contributed by atoms with Crippen LogP contribution in [0, 0.1) is 12.8 Å². The van der Waals surface area contributed by atoms with Crippen LogP contribution in [0.25, 0.3) is 10.3 Å². The molecule has 3 heterocycles. The zero-order chi connectivity index (χ0) is 16.7. The molecule has 1 fully saturated rings. The Morgan fingerprint density at radius 2 is 2.08 bits per heavy atom. The summed E-state index contributed by atoms with van der Waals surface area (Å²) in [5, 5.41) is 5.53. The Kier molecular flexibility index (Phi) is 3.92. The van der Waals surface area contributed by atoms with E-state index in [4.69, 9.17) is 4.98 Å². The second-order valence-corrected chi connectivity index (χ2v) is 7.65. The number of para-hydroxylation sites is 1. The first kappa shape index (κ1) is 15.4. The minimum Gasteiger partial charge on any atom is -0.371 e. The van der Waals surface area contributed by atoms with Gasteiger partial charge in [0.1, 0.15) is 0 Å². The Hall–Kier alpha value is -2.08. The van der Waals surface area contributed by atoms with Crippen molar-refractivity contribution in [1.82, 2.24) is 14.8 Å². The summed E-state index contributed by atoms with van der Waals surface area (Å²) in [4.78, 5) is 9.58. The van der Waals surface area contributed by atoms with Gasteiger partial charge in [-0.1, -0.05) is 29.5 Å². The van der Waals surface area contributed by atoms with Crippen LogP contribution in [0.1, 0.15) is 12.1 Å². The first-order valence-electron chi connectivity index (χ1n) is 8.43. The number of thiazole rings is 1. The van der Waals surface area contributed by atoms with Gasteiger partial charge in [0.25, 0.3) is 0 Å². The molecule has 126 valence electrons. The number of hydrogen-bond acceptors (Lipinski definition) is 5. The third-order valence-corrected chi connectivity index (χ3v) is 6.07. The molecule has 0 N–H and O–H groups in total. The SMILES string of the molecule is Cc1nn(C)c2nc(N(C)C[C@@H]3CCN(c4ccccc4)C3)sc12. The molecule has 0 spiro atoms. The van der Waals surface area contributed by atoms with Crippen LogP contribution in [-0.4, -0.2) is 41.4 Å². The summed E-state index contributed by atoms with van der Waals surface area (Å²) in [7, 11) is 4.12. The second-order valence-electron chi connectivity index (χ2n) is 6.67. The van der Waals surface area contributed by atoms with Crippen LogP contribution in [-0.2, 0) is 7.05 Å². The summed E-state index contributed by atoms with van der Waals surface area (Å²) < 4.78 is 3.09. The van der Waals surface area contributed by atoms with E-state index in [9.17, 15) is 0 Å². The van der Waals surface area contributed by atoms with Crippen LogP contribution >= 0.6 is 11.3 Å². The summed E-state index contributed by atoms with van der Waals surface area (Å²) in [5.74, 6) is 0.682. The molecule has 6 heteroatoms. The lowest BCUT2D eigenvalue weighted by atomic mass is 10.1. The van der Waals surface area contributed by atoms with E-state index in [1.807, 2.05) is 11.7 Å². The minimum atomic E-state index is 0.682. The number of fused-ring (bicyclic) bond motifs is 1. The molecule has 0 unspecified atom stereocenters. The van der Waals surface area contributed by atoms with Crippen LogP contribution < -0.4 is 9.80 Å². The molecule has 1 aliphatic heterocycles. The number of anilines is 2. The van der Waals surface area contributed by atoms with Crippen molar-refractivity contribution in [3.05, 3.63) is 36.0 Å². The number of hydrogen-bond donors (Lipinski definition) is 0. The van der Waals surface area contributed by atoms with Crippen molar-refractivity contribution in [3.63, 3.8) is 0 Å². The van der Waals surface area contributed by atoms with Gasteiger partial charge in [0.15, 0.2) is 10.8 Å². The highest BCUT2D eigenvalue weighted by Crippen LogP contribution is 2.31. The summed E-state index contributed by atoms with van der Waals surface area (Å²) in [5.41, 5.74) is 3.40. The molecule has 0 radical (unpaired) electrons. The van der Waals surface area contributed by atoms with Gasteiger partial charge >= 0.3 is 0 Å². The second kappa shape index (κ2) is 6.09. The molecule has 0 aliphatic carbocycles. The van der Waals surface area contributed by atoms with Crippen molar-refractivity contribution >= 4 is 32.5 Å². The molecule has 5 nitrogen and oxygen atoms in total. The summed E-state index contributed by atoms with van der Waals surface area (Å²) >= 11 is 1.75. The number of benzene rings is 1. The van der Waals surface area contributed by atoms with Crippen LogP contribution in [0.4, 0.5) is 10.8 Å². The largest absolute Gasteiger partial charge is 0.371 e. The lowest BCUT2D eigenvalue weighted by Crippen LogP contribution is -2.28. The van der Waals surface area contributed by atoms with Gasteiger partial charge in [0.2, 0.25) is 0 Å². The monoisotopic (exact) mass is 341 g/mol. The molecule has 0 saturated carbocycles. The fourth-order valence-electron chi connectivity index (χ4n) is 3.56. The Balaban J connectivity index is 1.44. The highest BCUT2D eigenvalue weighted by molar-refractivity contribution is 7.22. The molecule has 4 rings (SSSR count). The predicted octanol–water partition coefficient (Wildman–Crippen LogP) is 3.30. The topological polar surface area (TPSA) is 37.2 Å². The third kappa shape index (κ3) is 2.75. The Morgan fingerprint density at radius 3 is 2.83 bits per heavy atom. The van der Waals surface area contributed by atoms with E-state index >= 15 is 0 Å². The highest BCUT2D eigenvalue weighted by atomic mass is 32.1. The number of aromatic nitrogens is 3. The molecule has 2 aromatic heterocycles. The van der Waals surface area contributed by atoms with Gasteiger partial charge in [0, 0.05) is 39.4 Å². The maximum absolute atomic E-state index is 4.78. The smallest absolute Gasteiger partial charge is 0.187 e. The van der Waals surface area contributed by atoms with Crippen LogP contribution in [0.5, 0.6) is 0 Å². The Bertz CT molecular complexity index is 803. The molecular formula is C18H23N5S. The summed E-state index contributed by atoms with van der Waals surface area (Å²) in [6.07, 6.45) is 1.24. The van der Waals surface area contributed by atoms with Crippen molar-refractivity contribution in [3.8, 4) is 0 Å². The molecule has 0 bridgehead atoms. The lowest BCUT2D eigenvalue weighted by Gasteiger charge is -2.22. The fraction of sp³-hybridized carbons (Fsp3) is 0.444. The Labute approximate surface area is 146 Å². The molecule has 3 aromatic rings. The maximum atomic E-state index is 4.78. The van der Waals surface area contributed by atoms with E-state index in [-0.39, 0.29) is 0 Å². The van der Waals surface area contributed by atoms with Crippen LogP contribution in [0.2, 0.25) is 0 Å². The van der Waals surface area contributed by atoms with Crippen molar-refractivity contribution in [1.29, 1.82) is 0 Å². The van der Waals surface area contributed by atoms with E-state index in [0.717, 1.165) is 36.1 Å². The zero-order valence-electron chi connectivity index (χ0n) is 14.4. The molecule has 1 atom stereocenters. The number of aryl methyl sites for hydroxylation is 2. The average molecular weight is 341 g/mol. The van der Waals surface area contributed by atoms with Gasteiger partial charge in [-0.3, -0.25) is 0 Å². The molecule has 1 saturated heterocycles. The van der Waals surface area contributed by atoms with Gasteiger partial charge < -0.3 is 9.80 Å². The van der Waals surface area contributed by atoms with E-state index in [1.165, 1.54) is 16.8 Å². The van der Waals surface area contributed by atoms with Crippen molar-refractivity contribution < 1.29 is 0 Å². The maximum Gasteiger partial charge on any atom is 0.187 e. The average Bonchev–Trinajstić information content (AvgIpc) is 3.27. The van der Waals surface area contributed by atoms with E-state index in [0.29, 0.717) is 5.92 Å². The normalized spacial score (nSPS) is 17.8. The summed E-state index contributed by atoms with van der Waals surface area (Å²) in [6, 6.07) is 10.7. The number of rotatable bonds is 4. The van der Waals surface area contributed by atoms with Gasteiger partial charge in [-0.2, -0.15) is 5.10 Å². The molecule has 0 amide bonds.